The van der Waals surface area contributed by atoms with Gasteiger partial charge in [0.1, 0.15) is 11.3 Å². The third-order valence-corrected chi connectivity index (χ3v) is 2.90. The van der Waals surface area contributed by atoms with Crippen LogP contribution in [0.3, 0.4) is 0 Å². The van der Waals surface area contributed by atoms with E-state index < -0.39 is 5.97 Å². The second kappa shape index (κ2) is 7.49. The van der Waals surface area contributed by atoms with E-state index in [1.54, 1.807) is 12.0 Å². The zero-order valence-corrected chi connectivity index (χ0v) is 12.3. The number of aromatic hydroxyl groups is 1. The molecule has 0 atom stereocenters. The van der Waals surface area contributed by atoms with Gasteiger partial charge in [0.15, 0.2) is 0 Å². The first-order valence-electron chi connectivity index (χ1n) is 6.49. The summed E-state index contributed by atoms with van der Waals surface area (Å²) in [6.45, 7) is 4.56. The number of ether oxygens (including phenoxy) is 1. The maximum absolute atomic E-state index is 12.2. The number of rotatable bonds is 6. The number of urea groups is 1. The van der Waals surface area contributed by atoms with Gasteiger partial charge in [-0.3, -0.25) is 0 Å². The van der Waals surface area contributed by atoms with E-state index in [2.05, 4.69) is 5.32 Å². The summed E-state index contributed by atoms with van der Waals surface area (Å²) >= 11 is 0. The lowest BCUT2D eigenvalue weighted by atomic mass is 10.2. The number of methoxy groups -OCH3 is 1. The van der Waals surface area contributed by atoms with Crippen LogP contribution >= 0.6 is 0 Å². The number of carboxylic acid groups (broad SMARTS) is 1. The number of hydrogen-bond acceptors (Lipinski definition) is 4. The number of amides is 2. The molecule has 3 N–H and O–H groups in total. The summed E-state index contributed by atoms with van der Waals surface area (Å²) in [4.78, 5) is 24.7. The Morgan fingerprint density at radius 3 is 2.57 bits per heavy atom. The molecule has 1 rings (SSSR count). The molecule has 0 aliphatic heterocycles. The Balaban J connectivity index is 2.86. The summed E-state index contributed by atoms with van der Waals surface area (Å²) in [5.74, 6) is -1.61. The van der Waals surface area contributed by atoms with Gasteiger partial charge in [-0.1, -0.05) is 0 Å². The largest absolute Gasteiger partial charge is 0.507 e. The first kappa shape index (κ1) is 16.8. The molecule has 0 unspecified atom stereocenters. The standard InChI is InChI=1S/C14H20N2O5/c1-9(2)16(6-7-21-3)14(20)15-10-4-5-12(17)11(8-10)13(18)19/h4-5,8-9,17H,6-7H2,1-3H3,(H,15,20)(H,18,19). The number of carbonyl (C=O) groups is 2. The fourth-order valence-corrected chi connectivity index (χ4v) is 1.76. The Morgan fingerprint density at radius 1 is 1.38 bits per heavy atom. The van der Waals surface area contributed by atoms with Crippen LogP contribution in [0.1, 0.15) is 24.2 Å². The van der Waals surface area contributed by atoms with Crippen molar-refractivity contribution in [2.24, 2.45) is 0 Å². The molecule has 0 spiro atoms. The highest BCUT2D eigenvalue weighted by Crippen LogP contribution is 2.21. The van der Waals surface area contributed by atoms with E-state index in [1.165, 1.54) is 18.2 Å². The lowest BCUT2D eigenvalue weighted by Crippen LogP contribution is -2.42. The number of nitrogens with one attached hydrogen (secondary N) is 1. The molecule has 0 aliphatic rings. The van der Waals surface area contributed by atoms with E-state index in [0.717, 1.165) is 0 Å². The van der Waals surface area contributed by atoms with Gasteiger partial charge in [-0.05, 0) is 32.0 Å². The summed E-state index contributed by atoms with van der Waals surface area (Å²) in [5.41, 5.74) is 0.0408. The zero-order chi connectivity index (χ0) is 16.0. The SMILES string of the molecule is COCCN(C(=O)Nc1ccc(O)c(C(=O)O)c1)C(C)C. The van der Waals surface area contributed by atoms with Crippen LogP contribution in [0.5, 0.6) is 5.75 Å². The summed E-state index contributed by atoms with van der Waals surface area (Å²) in [7, 11) is 1.55. The average molecular weight is 296 g/mol. The number of phenols is 1. The number of benzene rings is 1. The molecule has 0 aromatic heterocycles. The number of carboxylic acids is 1. The van der Waals surface area contributed by atoms with Crippen molar-refractivity contribution in [3.8, 4) is 5.75 Å². The highest BCUT2D eigenvalue weighted by atomic mass is 16.5. The van der Waals surface area contributed by atoms with Gasteiger partial charge in [0, 0.05) is 25.4 Å². The second-order valence-electron chi connectivity index (χ2n) is 4.75. The molecule has 2 amide bonds. The summed E-state index contributed by atoms with van der Waals surface area (Å²) in [6.07, 6.45) is 0. The molecule has 0 fully saturated rings. The van der Waals surface area contributed by atoms with Crippen molar-refractivity contribution in [1.82, 2.24) is 4.90 Å². The van der Waals surface area contributed by atoms with Crippen LogP contribution < -0.4 is 5.32 Å². The van der Waals surface area contributed by atoms with E-state index in [4.69, 9.17) is 9.84 Å². The van der Waals surface area contributed by atoms with Crippen molar-refractivity contribution in [3.05, 3.63) is 23.8 Å². The molecule has 116 valence electrons. The van der Waals surface area contributed by atoms with E-state index in [0.29, 0.717) is 18.8 Å². The predicted octanol–water partition coefficient (Wildman–Crippen LogP) is 1.98. The van der Waals surface area contributed by atoms with Gasteiger partial charge in [0.25, 0.3) is 0 Å². The zero-order valence-electron chi connectivity index (χ0n) is 12.3. The van der Waals surface area contributed by atoms with Crippen molar-refractivity contribution >= 4 is 17.7 Å². The second-order valence-corrected chi connectivity index (χ2v) is 4.75. The number of carbonyl (C=O) groups excluding carboxylic acids is 1. The fraction of sp³-hybridized carbons (Fsp3) is 0.429. The maximum Gasteiger partial charge on any atom is 0.339 e. The van der Waals surface area contributed by atoms with Gasteiger partial charge in [0.2, 0.25) is 0 Å². The third-order valence-electron chi connectivity index (χ3n) is 2.90. The summed E-state index contributed by atoms with van der Waals surface area (Å²) in [5, 5.41) is 21.0. The number of nitrogens with zero attached hydrogens (tertiary/aromatic N) is 1. The van der Waals surface area contributed by atoms with Gasteiger partial charge in [-0.25, -0.2) is 9.59 Å². The maximum atomic E-state index is 12.2. The lowest BCUT2D eigenvalue weighted by Gasteiger charge is -2.26. The average Bonchev–Trinajstić information content (AvgIpc) is 2.40. The van der Waals surface area contributed by atoms with Gasteiger partial charge < -0.3 is 25.2 Å². The lowest BCUT2D eigenvalue weighted by molar-refractivity contribution is 0.0693. The van der Waals surface area contributed by atoms with Crippen LogP contribution in [0.2, 0.25) is 0 Å². The molecule has 0 saturated carbocycles. The van der Waals surface area contributed by atoms with E-state index in [9.17, 15) is 14.7 Å². The summed E-state index contributed by atoms with van der Waals surface area (Å²) in [6, 6.07) is 3.49. The molecule has 21 heavy (non-hydrogen) atoms. The monoisotopic (exact) mass is 296 g/mol. The van der Waals surface area contributed by atoms with Crippen molar-refractivity contribution in [2.75, 3.05) is 25.6 Å². The Labute approximate surface area is 123 Å². The van der Waals surface area contributed by atoms with Gasteiger partial charge in [-0.15, -0.1) is 0 Å². The molecule has 7 heteroatoms. The first-order valence-corrected chi connectivity index (χ1v) is 6.49. The van der Waals surface area contributed by atoms with Gasteiger partial charge in [0.05, 0.1) is 6.61 Å². The molecule has 0 aliphatic carbocycles. The van der Waals surface area contributed by atoms with Crippen LogP contribution in [0.4, 0.5) is 10.5 Å². The Kier molecular flexibility index (Phi) is 5.98. The minimum atomic E-state index is -1.26. The normalized spacial score (nSPS) is 10.5. The molecular weight excluding hydrogens is 276 g/mol. The molecular formula is C14H20N2O5. The van der Waals surface area contributed by atoms with Gasteiger partial charge in [-0.2, -0.15) is 0 Å². The van der Waals surface area contributed by atoms with E-state index >= 15 is 0 Å². The highest BCUT2D eigenvalue weighted by molar-refractivity contribution is 5.95. The fourth-order valence-electron chi connectivity index (χ4n) is 1.76. The van der Waals surface area contributed by atoms with Crippen molar-refractivity contribution in [3.63, 3.8) is 0 Å². The van der Waals surface area contributed by atoms with Crippen LogP contribution in [-0.2, 0) is 4.74 Å². The topological polar surface area (TPSA) is 99.1 Å². The number of anilines is 1. The minimum absolute atomic E-state index is 0.0313. The smallest absolute Gasteiger partial charge is 0.339 e. The third kappa shape index (κ3) is 4.64. The number of hydrogen-bond donors (Lipinski definition) is 3. The molecule has 0 bridgehead atoms. The van der Waals surface area contributed by atoms with E-state index in [-0.39, 0.29) is 23.4 Å². The molecule has 0 heterocycles. The Bertz CT molecular complexity index is 516. The van der Waals surface area contributed by atoms with Crippen molar-refractivity contribution in [1.29, 1.82) is 0 Å². The van der Waals surface area contributed by atoms with Crippen LogP contribution in [0.25, 0.3) is 0 Å². The molecule has 0 saturated heterocycles. The van der Waals surface area contributed by atoms with E-state index in [1.807, 2.05) is 13.8 Å². The number of aromatic carboxylic acids is 1. The quantitative estimate of drug-likeness (QED) is 0.697. The predicted molar refractivity (Wildman–Crippen MR) is 77.8 cm³/mol. The van der Waals surface area contributed by atoms with Crippen LogP contribution in [0, 0.1) is 0 Å². The van der Waals surface area contributed by atoms with Gasteiger partial charge >= 0.3 is 12.0 Å². The van der Waals surface area contributed by atoms with Crippen LogP contribution in [-0.4, -0.2) is 53.4 Å². The molecule has 1 aromatic rings. The molecule has 1 aromatic carbocycles. The highest BCUT2D eigenvalue weighted by Gasteiger charge is 2.18. The van der Waals surface area contributed by atoms with Crippen molar-refractivity contribution < 1.29 is 24.5 Å². The Morgan fingerprint density at radius 2 is 2.05 bits per heavy atom. The molecule has 0 radical (unpaired) electrons. The molecule has 7 nitrogen and oxygen atoms in total. The van der Waals surface area contributed by atoms with Crippen LogP contribution in [0.15, 0.2) is 18.2 Å². The summed E-state index contributed by atoms with van der Waals surface area (Å²) < 4.78 is 4.96. The van der Waals surface area contributed by atoms with Crippen molar-refractivity contribution in [2.45, 2.75) is 19.9 Å². The first-order chi connectivity index (χ1) is 9.86. The Hall–Kier alpha value is -2.28. The minimum Gasteiger partial charge on any atom is -0.507 e.